The standard InChI is InChI=1S/C34H44ClN2O3/c1-3-5-6-7-8-9-10-11-12-18-25-40-32-23-22-29(26-31(32)35)34(39)37(33(38)28-19-14-13-15-20-28)27-30-21-16-17-24-36(30)4-2/h13-17,19-24,26H,3-12,18,25,27H2,1-2H3/q+1. The molecule has 0 N–H and O–H groups in total. The molecule has 0 spiro atoms. The number of nitrogens with zero attached hydrogens (tertiary/aromatic N) is 2. The first kappa shape index (κ1) is 31.3. The summed E-state index contributed by atoms with van der Waals surface area (Å²) in [6.07, 6.45) is 14.6. The Hall–Kier alpha value is -3.18. The molecule has 0 radical (unpaired) electrons. The molecule has 5 nitrogen and oxygen atoms in total. The second-order valence-electron chi connectivity index (χ2n) is 10.2. The molecule has 0 fully saturated rings. The van der Waals surface area contributed by atoms with Crippen LogP contribution in [0, 0.1) is 0 Å². The molecule has 0 atom stereocenters. The largest absolute Gasteiger partial charge is 0.492 e. The van der Waals surface area contributed by atoms with Crippen LogP contribution < -0.4 is 9.30 Å². The molecule has 1 aromatic heterocycles. The van der Waals surface area contributed by atoms with Crippen molar-refractivity contribution in [2.45, 2.75) is 91.1 Å². The number of carbonyl (C=O) groups is 2. The highest BCUT2D eigenvalue weighted by molar-refractivity contribution is 6.32. The van der Waals surface area contributed by atoms with Crippen LogP contribution in [0.3, 0.4) is 0 Å². The molecule has 0 saturated carbocycles. The third-order valence-electron chi connectivity index (χ3n) is 7.14. The number of amides is 2. The first-order chi connectivity index (χ1) is 19.5. The zero-order valence-corrected chi connectivity index (χ0v) is 24.9. The molecule has 2 amide bonds. The Labute approximate surface area is 245 Å². The van der Waals surface area contributed by atoms with Crippen molar-refractivity contribution in [2.24, 2.45) is 0 Å². The van der Waals surface area contributed by atoms with Gasteiger partial charge in [-0.2, -0.15) is 0 Å². The van der Waals surface area contributed by atoms with Gasteiger partial charge in [0.1, 0.15) is 18.8 Å². The number of imide groups is 1. The lowest BCUT2D eigenvalue weighted by molar-refractivity contribution is -0.701. The Morgan fingerprint density at radius 1 is 0.750 bits per heavy atom. The number of benzene rings is 2. The number of pyridine rings is 1. The van der Waals surface area contributed by atoms with Crippen molar-refractivity contribution < 1.29 is 18.9 Å². The summed E-state index contributed by atoms with van der Waals surface area (Å²) in [6, 6.07) is 19.7. The van der Waals surface area contributed by atoms with E-state index in [2.05, 4.69) is 6.92 Å². The molecule has 0 unspecified atom stereocenters. The van der Waals surface area contributed by atoms with E-state index < -0.39 is 5.91 Å². The average Bonchev–Trinajstić information content (AvgIpc) is 2.99. The Bertz CT molecular complexity index is 1200. The van der Waals surface area contributed by atoms with Gasteiger partial charge in [0, 0.05) is 23.3 Å². The zero-order chi connectivity index (χ0) is 28.6. The molecule has 40 heavy (non-hydrogen) atoms. The minimum Gasteiger partial charge on any atom is -0.492 e. The first-order valence-corrected chi connectivity index (χ1v) is 15.2. The monoisotopic (exact) mass is 563 g/mol. The maximum Gasteiger partial charge on any atom is 0.261 e. The van der Waals surface area contributed by atoms with Gasteiger partial charge in [-0.25, -0.2) is 4.57 Å². The molecular formula is C34H44ClN2O3+. The number of aromatic nitrogens is 1. The number of unbranched alkanes of at least 4 members (excludes halogenated alkanes) is 9. The minimum atomic E-state index is -0.400. The maximum absolute atomic E-state index is 13.7. The van der Waals surface area contributed by atoms with Crippen LogP contribution in [0.4, 0.5) is 0 Å². The topological polar surface area (TPSA) is 50.5 Å². The quantitative estimate of drug-likeness (QED) is 0.0940. The minimum absolute atomic E-state index is 0.149. The van der Waals surface area contributed by atoms with Crippen molar-refractivity contribution in [1.82, 2.24) is 4.90 Å². The third kappa shape index (κ3) is 9.78. The van der Waals surface area contributed by atoms with Crippen molar-refractivity contribution >= 4 is 23.4 Å². The van der Waals surface area contributed by atoms with Gasteiger partial charge in [0.05, 0.1) is 11.6 Å². The molecule has 0 aliphatic carbocycles. The van der Waals surface area contributed by atoms with Crippen molar-refractivity contribution in [3.8, 4) is 5.75 Å². The van der Waals surface area contributed by atoms with Gasteiger partial charge in [0.25, 0.3) is 11.8 Å². The van der Waals surface area contributed by atoms with Crippen LogP contribution >= 0.6 is 11.6 Å². The number of ether oxygens (including phenoxy) is 1. The summed E-state index contributed by atoms with van der Waals surface area (Å²) in [6.45, 7) is 5.75. The molecule has 2 aromatic carbocycles. The van der Waals surface area contributed by atoms with E-state index >= 15 is 0 Å². The van der Waals surface area contributed by atoms with Crippen LogP contribution in [0.15, 0.2) is 72.9 Å². The van der Waals surface area contributed by atoms with Crippen LogP contribution in [0.25, 0.3) is 0 Å². The maximum atomic E-state index is 13.7. The van der Waals surface area contributed by atoms with Crippen LogP contribution in [0.5, 0.6) is 5.75 Å². The molecule has 6 heteroatoms. The van der Waals surface area contributed by atoms with Gasteiger partial charge in [-0.1, -0.05) is 101 Å². The molecule has 0 aliphatic rings. The normalized spacial score (nSPS) is 10.9. The smallest absolute Gasteiger partial charge is 0.261 e. The predicted molar refractivity (Wildman–Crippen MR) is 162 cm³/mol. The van der Waals surface area contributed by atoms with Gasteiger partial charge in [-0.15, -0.1) is 0 Å². The summed E-state index contributed by atoms with van der Waals surface area (Å²) in [5.74, 6) is -0.194. The van der Waals surface area contributed by atoms with E-state index in [0.29, 0.717) is 28.5 Å². The van der Waals surface area contributed by atoms with Crippen molar-refractivity contribution in [3.05, 3.63) is 94.8 Å². The first-order valence-electron chi connectivity index (χ1n) is 14.9. The summed E-state index contributed by atoms with van der Waals surface area (Å²) in [5.41, 5.74) is 1.67. The lowest BCUT2D eigenvalue weighted by atomic mass is 10.1. The second kappa shape index (κ2) is 17.5. The number of hydrogen-bond acceptors (Lipinski definition) is 3. The SMILES string of the molecule is CCCCCCCCCCCCOc1ccc(C(=O)N(Cc2cccc[n+]2CC)C(=O)c2ccccc2)cc1Cl. The van der Waals surface area contributed by atoms with E-state index in [1.165, 1.54) is 56.3 Å². The van der Waals surface area contributed by atoms with Crippen molar-refractivity contribution in [1.29, 1.82) is 0 Å². The summed E-state index contributed by atoms with van der Waals surface area (Å²) >= 11 is 6.53. The highest BCUT2D eigenvalue weighted by atomic mass is 35.5. The van der Waals surface area contributed by atoms with Crippen LogP contribution in [-0.2, 0) is 13.1 Å². The average molecular weight is 564 g/mol. The number of aryl methyl sites for hydroxylation is 1. The number of halogens is 1. The van der Waals surface area contributed by atoms with Crippen molar-refractivity contribution in [2.75, 3.05) is 6.61 Å². The number of carbonyl (C=O) groups excluding carboxylic acids is 2. The summed E-state index contributed by atoms with van der Waals surface area (Å²) in [4.78, 5) is 28.4. The lowest BCUT2D eigenvalue weighted by Crippen LogP contribution is -2.43. The Balaban J connectivity index is 1.59. The highest BCUT2D eigenvalue weighted by Gasteiger charge is 2.27. The van der Waals surface area contributed by atoms with E-state index in [1.54, 1.807) is 42.5 Å². The molecule has 1 heterocycles. The molecular weight excluding hydrogens is 520 g/mol. The summed E-state index contributed by atoms with van der Waals surface area (Å²) < 4.78 is 7.94. The summed E-state index contributed by atoms with van der Waals surface area (Å²) in [7, 11) is 0. The van der Waals surface area contributed by atoms with Crippen LogP contribution in [0.1, 0.15) is 104 Å². The third-order valence-corrected chi connectivity index (χ3v) is 7.44. The van der Waals surface area contributed by atoms with E-state index in [-0.39, 0.29) is 12.5 Å². The Kier molecular flexibility index (Phi) is 13.7. The molecule has 3 aromatic rings. The molecule has 3 rings (SSSR count). The van der Waals surface area contributed by atoms with E-state index in [9.17, 15) is 9.59 Å². The van der Waals surface area contributed by atoms with Crippen LogP contribution in [0.2, 0.25) is 5.02 Å². The second-order valence-corrected chi connectivity index (χ2v) is 10.6. The number of hydrogen-bond donors (Lipinski definition) is 0. The van der Waals surface area contributed by atoms with Gasteiger partial charge in [-0.3, -0.25) is 14.5 Å². The van der Waals surface area contributed by atoms with Gasteiger partial charge in [0.15, 0.2) is 6.20 Å². The highest BCUT2D eigenvalue weighted by Crippen LogP contribution is 2.27. The van der Waals surface area contributed by atoms with Gasteiger partial charge in [-0.05, 0) is 43.7 Å². The molecule has 0 saturated heterocycles. The molecule has 0 bridgehead atoms. The van der Waals surface area contributed by atoms with Gasteiger partial charge >= 0.3 is 0 Å². The van der Waals surface area contributed by atoms with E-state index in [4.69, 9.17) is 16.3 Å². The Morgan fingerprint density at radius 2 is 1.38 bits per heavy atom. The predicted octanol–water partition coefficient (Wildman–Crippen LogP) is 8.43. The molecule has 0 aliphatic heterocycles. The van der Waals surface area contributed by atoms with E-state index in [1.807, 2.05) is 42.0 Å². The fourth-order valence-corrected chi connectivity index (χ4v) is 5.01. The van der Waals surface area contributed by atoms with Gasteiger partial charge in [0.2, 0.25) is 5.69 Å². The van der Waals surface area contributed by atoms with Crippen molar-refractivity contribution in [3.63, 3.8) is 0 Å². The fraction of sp³-hybridized carbons (Fsp3) is 0.441. The van der Waals surface area contributed by atoms with Crippen LogP contribution in [-0.4, -0.2) is 23.3 Å². The van der Waals surface area contributed by atoms with E-state index in [0.717, 1.165) is 25.1 Å². The Morgan fingerprint density at radius 3 is 2.02 bits per heavy atom. The number of rotatable bonds is 17. The fourth-order valence-electron chi connectivity index (χ4n) is 4.78. The lowest BCUT2D eigenvalue weighted by Gasteiger charge is -2.21. The molecule has 214 valence electrons. The summed E-state index contributed by atoms with van der Waals surface area (Å²) in [5, 5.41) is 0.369. The zero-order valence-electron chi connectivity index (χ0n) is 24.1. The van der Waals surface area contributed by atoms with Gasteiger partial charge < -0.3 is 4.74 Å².